The number of aryl methyl sites for hydroxylation is 1. The van der Waals surface area contributed by atoms with Crippen LogP contribution in [0.2, 0.25) is 0 Å². The summed E-state index contributed by atoms with van der Waals surface area (Å²) in [6.45, 7) is 1.34. The topological polar surface area (TPSA) is 0 Å². The van der Waals surface area contributed by atoms with Crippen LogP contribution in [0.1, 0.15) is 16.7 Å². The van der Waals surface area contributed by atoms with Crippen molar-refractivity contribution in [2.45, 2.75) is 18.8 Å². The van der Waals surface area contributed by atoms with Crippen LogP contribution < -0.4 is 0 Å². The molecule has 1 rings (SSSR count). The van der Waals surface area contributed by atoms with Crippen molar-refractivity contribution >= 4 is 9.24 Å². The van der Waals surface area contributed by atoms with Crippen LogP contribution in [-0.2, 0) is 11.8 Å². The van der Waals surface area contributed by atoms with E-state index in [2.05, 4.69) is 0 Å². The van der Waals surface area contributed by atoms with E-state index in [0.717, 1.165) is 12.1 Å². The van der Waals surface area contributed by atoms with Gasteiger partial charge in [0.15, 0.2) is 0 Å². The van der Waals surface area contributed by atoms with Crippen LogP contribution in [0.25, 0.3) is 0 Å². The molecule has 0 N–H and O–H groups in total. The number of rotatable bonds is 1. The van der Waals surface area contributed by atoms with Crippen LogP contribution in [-0.4, -0.2) is 0 Å². The summed E-state index contributed by atoms with van der Waals surface area (Å²) in [5.74, 6) is 0. The Balaban J connectivity index is 3.30. The quantitative estimate of drug-likeness (QED) is 0.517. The predicted octanol–water partition coefficient (Wildman–Crippen LogP) is 3.94. The second kappa shape index (κ2) is 3.71. The van der Waals surface area contributed by atoms with Gasteiger partial charge in [-0.3, -0.25) is 0 Å². The van der Waals surface area contributed by atoms with Crippen LogP contribution >= 0.6 is 9.24 Å². The van der Waals surface area contributed by atoms with Gasteiger partial charge in [0, 0.05) is 5.56 Å². The van der Waals surface area contributed by atoms with Crippen LogP contribution in [0.4, 0.5) is 22.0 Å². The highest BCUT2D eigenvalue weighted by Gasteiger charge is 2.34. The molecule has 0 aliphatic heterocycles. The van der Waals surface area contributed by atoms with Crippen molar-refractivity contribution in [3.05, 3.63) is 34.9 Å². The van der Waals surface area contributed by atoms with E-state index in [4.69, 9.17) is 0 Å². The van der Waals surface area contributed by atoms with E-state index in [1.165, 1.54) is 16.2 Å². The number of halogens is 5. The van der Waals surface area contributed by atoms with Crippen LogP contribution in [0.3, 0.4) is 0 Å². The number of hydrogen-bond donors (Lipinski definition) is 0. The smallest absolute Gasteiger partial charge is 0.197 e. The molecule has 0 nitrogen and oxygen atoms in total. The minimum absolute atomic E-state index is 0.155. The summed E-state index contributed by atoms with van der Waals surface area (Å²) in [7, 11) is 1.22. The van der Waals surface area contributed by atoms with Gasteiger partial charge in [-0.25, -0.2) is 0 Å². The highest BCUT2D eigenvalue weighted by Crippen LogP contribution is 2.38. The first-order valence-corrected chi connectivity index (χ1v) is 4.54. The minimum Gasteiger partial charge on any atom is -0.197 e. The second-order valence-corrected chi connectivity index (χ2v) is 3.93. The Labute approximate surface area is 85.7 Å². The fourth-order valence-corrected chi connectivity index (χ4v) is 1.31. The lowest BCUT2D eigenvalue weighted by molar-refractivity contribution is -0.137. The Morgan fingerprint density at radius 1 is 0.933 bits per heavy atom. The molecule has 1 atom stereocenters. The zero-order chi connectivity index (χ0) is 11.9. The molecule has 0 spiro atoms. The molecule has 0 aliphatic rings. The number of alkyl halides is 5. The molecule has 1 aromatic rings. The van der Waals surface area contributed by atoms with Gasteiger partial charge < -0.3 is 0 Å². The first-order chi connectivity index (χ1) is 6.60. The van der Waals surface area contributed by atoms with Gasteiger partial charge in [0.25, 0.3) is 5.66 Å². The molecular weight excluding hydrogens is 234 g/mol. The van der Waals surface area contributed by atoms with Crippen molar-refractivity contribution in [3.63, 3.8) is 0 Å². The van der Waals surface area contributed by atoms with Gasteiger partial charge in [0.05, 0.1) is 5.56 Å². The molecule has 0 bridgehead atoms. The molecular formula is C9H8F5P. The first-order valence-electron chi connectivity index (χ1n) is 3.97. The molecule has 0 fully saturated rings. The Morgan fingerprint density at radius 3 is 1.80 bits per heavy atom. The molecule has 15 heavy (non-hydrogen) atoms. The van der Waals surface area contributed by atoms with E-state index in [1.54, 1.807) is 0 Å². The molecule has 6 heteroatoms. The van der Waals surface area contributed by atoms with Gasteiger partial charge in [-0.2, -0.15) is 22.0 Å². The average Bonchev–Trinajstić information content (AvgIpc) is 1.99. The third-order valence-corrected chi connectivity index (χ3v) is 2.12. The van der Waals surface area contributed by atoms with Gasteiger partial charge in [-0.1, -0.05) is 14.8 Å². The fraction of sp³-hybridized carbons (Fsp3) is 0.333. The maximum atomic E-state index is 12.8. The van der Waals surface area contributed by atoms with E-state index in [9.17, 15) is 22.0 Å². The summed E-state index contributed by atoms with van der Waals surface area (Å²) in [6.07, 6.45) is -4.60. The number of hydrogen-bond acceptors (Lipinski definition) is 0. The van der Waals surface area contributed by atoms with Crippen molar-refractivity contribution < 1.29 is 22.0 Å². The second-order valence-electron chi connectivity index (χ2n) is 3.21. The third kappa shape index (κ3) is 3.13. The summed E-state index contributed by atoms with van der Waals surface area (Å²) in [6, 6.07) is 2.32. The SMILES string of the molecule is Cc1cc(C(F)(F)F)cc(C(F)(F)P)c1. The third-order valence-electron chi connectivity index (χ3n) is 1.79. The van der Waals surface area contributed by atoms with Crippen LogP contribution in [0, 0.1) is 6.92 Å². The maximum absolute atomic E-state index is 12.8. The monoisotopic (exact) mass is 242 g/mol. The lowest BCUT2D eigenvalue weighted by Gasteiger charge is -2.14. The molecule has 0 amide bonds. The lowest BCUT2D eigenvalue weighted by atomic mass is 10.1. The lowest BCUT2D eigenvalue weighted by Crippen LogP contribution is -2.10. The van der Waals surface area contributed by atoms with E-state index in [0.29, 0.717) is 6.07 Å². The average molecular weight is 242 g/mol. The van der Waals surface area contributed by atoms with Gasteiger partial charge in [0.1, 0.15) is 0 Å². The minimum atomic E-state index is -4.60. The molecule has 0 saturated carbocycles. The molecule has 1 aromatic carbocycles. The maximum Gasteiger partial charge on any atom is 0.416 e. The largest absolute Gasteiger partial charge is 0.416 e. The van der Waals surface area contributed by atoms with Gasteiger partial charge in [-0.05, 0) is 25.1 Å². The molecule has 84 valence electrons. The Kier molecular flexibility index (Phi) is 3.06. The van der Waals surface area contributed by atoms with E-state index < -0.39 is 23.0 Å². The van der Waals surface area contributed by atoms with E-state index in [-0.39, 0.29) is 5.56 Å². The molecule has 1 unspecified atom stereocenters. The fourth-order valence-electron chi connectivity index (χ4n) is 1.14. The summed E-state index contributed by atoms with van der Waals surface area (Å²) < 4.78 is 62.4. The first kappa shape index (κ1) is 12.4. The van der Waals surface area contributed by atoms with Crippen molar-refractivity contribution in [1.82, 2.24) is 0 Å². The highest BCUT2D eigenvalue weighted by molar-refractivity contribution is 7.17. The van der Waals surface area contributed by atoms with E-state index in [1.807, 2.05) is 0 Å². The van der Waals surface area contributed by atoms with E-state index >= 15 is 0 Å². The molecule has 0 aromatic heterocycles. The zero-order valence-electron chi connectivity index (χ0n) is 7.70. The summed E-state index contributed by atoms with van der Waals surface area (Å²) in [5, 5.41) is 0. The van der Waals surface area contributed by atoms with Crippen molar-refractivity contribution in [1.29, 1.82) is 0 Å². The van der Waals surface area contributed by atoms with Crippen molar-refractivity contribution in [2.24, 2.45) is 0 Å². The molecule has 0 saturated heterocycles. The Bertz CT molecular complexity index is 331. The molecule has 0 heterocycles. The highest BCUT2D eigenvalue weighted by atomic mass is 31.0. The van der Waals surface area contributed by atoms with Crippen molar-refractivity contribution in [3.8, 4) is 0 Å². The normalized spacial score (nSPS) is 13.0. The summed E-state index contributed by atoms with van der Waals surface area (Å²) in [5.41, 5.74) is -4.90. The van der Waals surface area contributed by atoms with Gasteiger partial charge in [-0.15, -0.1) is 0 Å². The molecule has 0 aliphatic carbocycles. The van der Waals surface area contributed by atoms with Crippen molar-refractivity contribution in [2.75, 3.05) is 0 Å². The van der Waals surface area contributed by atoms with Gasteiger partial charge in [0.2, 0.25) is 0 Å². The Hall–Kier alpha value is -0.700. The number of benzene rings is 1. The molecule has 0 radical (unpaired) electrons. The van der Waals surface area contributed by atoms with Crippen LogP contribution in [0.5, 0.6) is 0 Å². The Morgan fingerprint density at radius 2 is 1.40 bits per heavy atom. The zero-order valence-corrected chi connectivity index (χ0v) is 8.85. The summed E-state index contributed by atoms with van der Waals surface area (Å²) in [4.78, 5) is 0. The predicted molar refractivity (Wildman–Crippen MR) is 49.8 cm³/mol. The van der Waals surface area contributed by atoms with Gasteiger partial charge >= 0.3 is 6.18 Å². The standard InChI is InChI=1S/C9H8F5P/c1-5-2-6(8(10,11)12)4-7(3-5)9(13,14)15/h2-4H,15H2,1H3. The summed E-state index contributed by atoms with van der Waals surface area (Å²) >= 11 is 0. The van der Waals surface area contributed by atoms with Crippen LogP contribution in [0.15, 0.2) is 18.2 Å².